The highest BCUT2D eigenvalue weighted by Gasteiger charge is 2.10. The van der Waals surface area contributed by atoms with Crippen molar-refractivity contribution in [2.75, 3.05) is 11.9 Å². The van der Waals surface area contributed by atoms with E-state index in [4.69, 9.17) is 16.3 Å². The van der Waals surface area contributed by atoms with E-state index in [9.17, 15) is 0 Å². The van der Waals surface area contributed by atoms with Gasteiger partial charge in [0.15, 0.2) is 16.9 Å². The molecule has 1 heterocycles. The van der Waals surface area contributed by atoms with Crippen LogP contribution >= 0.6 is 11.6 Å². The van der Waals surface area contributed by atoms with Crippen LogP contribution in [0.5, 0.6) is 0 Å². The number of anilines is 1. The standard InChI is InChI=1S/C16H19ClN4O/c1-3-13(22-4-2)21-14-15(17)19-11-20-16(14)18-10-12-8-6-5-7-9-12/h5-9,11H,3-4,10H2,1-2H3,(H,18,19,20)/b21-13-. The van der Waals surface area contributed by atoms with Crippen molar-refractivity contribution in [2.24, 2.45) is 4.99 Å². The summed E-state index contributed by atoms with van der Waals surface area (Å²) in [4.78, 5) is 12.7. The SMILES string of the molecule is CCO/C(CC)=N\c1c(Cl)ncnc1NCc1ccccc1. The van der Waals surface area contributed by atoms with Crippen molar-refractivity contribution in [1.82, 2.24) is 9.97 Å². The first-order chi connectivity index (χ1) is 10.7. The topological polar surface area (TPSA) is 59.4 Å². The Morgan fingerprint density at radius 2 is 2.00 bits per heavy atom. The second kappa shape index (κ2) is 8.34. The summed E-state index contributed by atoms with van der Waals surface area (Å²) in [7, 11) is 0. The van der Waals surface area contributed by atoms with Crippen molar-refractivity contribution in [3.05, 3.63) is 47.4 Å². The summed E-state index contributed by atoms with van der Waals surface area (Å²) in [5.74, 6) is 1.21. The van der Waals surface area contributed by atoms with Gasteiger partial charge in [0.05, 0.1) is 6.61 Å². The van der Waals surface area contributed by atoms with Crippen molar-refractivity contribution in [2.45, 2.75) is 26.8 Å². The first kappa shape index (κ1) is 16.2. The van der Waals surface area contributed by atoms with Crippen LogP contribution in [0.4, 0.5) is 11.5 Å². The van der Waals surface area contributed by atoms with Crippen molar-refractivity contribution in [3.8, 4) is 0 Å². The van der Waals surface area contributed by atoms with Crippen LogP contribution in [-0.4, -0.2) is 22.5 Å². The number of aromatic nitrogens is 2. The van der Waals surface area contributed by atoms with Gasteiger partial charge in [0.1, 0.15) is 12.0 Å². The lowest BCUT2D eigenvalue weighted by Crippen LogP contribution is -2.05. The molecule has 22 heavy (non-hydrogen) atoms. The lowest BCUT2D eigenvalue weighted by molar-refractivity contribution is 0.319. The zero-order chi connectivity index (χ0) is 15.8. The van der Waals surface area contributed by atoms with Gasteiger partial charge < -0.3 is 10.1 Å². The number of benzene rings is 1. The minimum Gasteiger partial charge on any atom is -0.481 e. The normalized spacial score (nSPS) is 11.3. The zero-order valence-electron chi connectivity index (χ0n) is 12.7. The van der Waals surface area contributed by atoms with Crippen LogP contribution in [0.3, 0.4) is 0 Å². The van der Waals surface area contributed by atoms with Crippen LogP contribution in [0.1, 0.15) is 25.8 Å². The Bertz CT molecular complexity index is 631. The van der Waals surface area contributed by atoms with E-state index < -0.39 is 0 Å². The molecule has 2 aromatic rings. The molecule has 1 aromatic carbocycles. The van der Waals surface area contributed by atoms with Crippen LogP contribution in [0.25, 0.3) is 0 Å². The lowest BCUT2D eigenvalue weighted by Gasteiger charge is -2.10. The van der Waals surface area contributed by atoms with E-state index in [1.165, 1.54) is 6.33 Å². The van der Waals surface area contributed by atoms with Gasteiger partial charge in [-0.1, -0.05) is 48.9 Å². The number of hydrogen-bond acceptors (Lipinski definition) is 5. The molecule has 0 saturated carbocycles. The molecule has 0 unspecified atom stereocenters. The molecule has 0 bridgehead atoms. The average molecular weight is 319 g/mol. The Morgan fingerprint density at radius 3 is 2.68 bits per heavy atom. The van der Waals surface area contributed by atoms with Gasteiger partial charge in [-0.3, -0.25) is 0 Å². The molecule has 0 radical (unpaired) electrons. The molecule has 5 nitrogen and oxygen atoms in total. The number of ether oxygens (including phenoxy) is 1. The lowest BCUT2D eigenvalue weighted by atomic mass is 10.2. The van der Waals surface area contributed by atoms with Gasteiger partial charge in [-0.05, 0) is 12.5 Å². The molecule has 0 aliphatic heterocycles. The number of rotatable bonds is 6. The maximum Gasteiger partial charge on any atom is 0.188 e. The fourth-order valence-corrected chi connectivity index (χ4v) is 2.05. The molecule has 0 aliphatic carbocycles. The molecule has 0 spiro atoms. The van der Waals surface area contributed by atoms with E-state index in [1.54, 1.807) is 0 Å². The van der Waals surface area contributed by atoms with Gasteiger partial charge in [-0.25, -0.2) is 15.0 Å². The third kappa shape index (κ3) is 4.43. The minimum atomic E-state index is 0.302. The van der Waals surface area contributed by atoms with E-state index in [2.05, 4.69) is 20.3 Å². The van der Waals surface area contributed by atoms with Crippen LogP contribution in [0.15, 0.2) is 41.7 Å². The molecule has 1 aromatic heterocycles. The molecular formula is C16H19ClN4O. The highest BCUT2D eigenvalue weighted by atomic mass is 35.5. The van der Waals surface area contributed by atoms with Gasteiger partial charge >= 0.3 is 0 Å². The molecule has 116 valence electrons. The summed E-state index contributed by atoms with van der Waals surface area (Å²) in [6, 6.07) is 10.0. The minimum absolute atomic E-state index is 0.302. The maximum atomic E-state index is 6.16. The van der Waals surface area contributed by atoms with E-state index in [0.717, 1.165) is 5.56 Å². The second-order valence-corrected chi connectivity index (χ2v) is 4.85. The van der Waals surface area contributed by atoms with Crippen LogP contribution in [0, 0.1) is 0 Å². The number of halogens is 1. The summed E-state index contributed by atoms with van der Waals surface area (Å²) in [5, 5.41) is 3.55. The molecule has 0 atom stereocenters. The predicted octanol–water partition coefficient (Wildman–Crippen LogP) is 4.22. The van der Waals surface area contributed by atoms with Crippen LogP contribution in [-0.2, 0) is 11.3 Å². The van der Waals surface area contributed by atoms with E-state index >= 15 is 0 Å². The molecule has 1 N–H and O–H groups in total. The maximum absolute atomic E-state index is 6.16. The first-order valence-corrected chi connectivity index (χ1v) is 7.61. The quantitative estimate of drug-likeness (QED) is 0.492. The Balaban J connectivity index is 2.22. The van der Waals surface area contributed by atoms with Gasteiger partial charge in [-0.15, -0.1) is 0 Å². The molecule has 0 saturated heterocycles. The van der Waals surface area contributed by atoms with Gasteiger partial charge in [0, 0.05) is 13.0 Å². The number of aliphatic imine (C=N–C) groups is 1. The molecule has 0 amide bonds. The number of nitrogens with zero attached hydrogens (tertiary/aromatic N) is 3. The highest BCUT2D eigenvalue weighted by molar-refractivity contribution is 6.32. The third-order valence-corrected chi connectivity index (χ3v) is 3.21. The summed E-state index contributed by atoms with van der Waals surface area (Å²) >= 11 is 6.16. The fraction of sp³-hybridized carbons (Fsp3) is 0.312. The molecule has 0 fully saturated rings. The number of hydrogen-bond donors (Lipinski definition) is 1. The Morgan fingerprint density at radius 1 is 1.23 bits per heavy atom. The first-order valence-electron chi connectivity index (χ1n) is 7.23. The van der Waals surface area contributed by atoms with E-state index in [0.29, 0.717) is 42.1 Å². The van der Waals surface area contributed by atoms with Gasteiger partial charge in [0.2, 0.25) is 0 Å². The summed E-state index contributed by atoms with van der Waals surface area (Å²) < 4.78 is 5.48. The predicted molar refractivity (Wildman–Crippen MR) is 89.8 cm³/mol. The molecule has 6 heteroatoms. The average Bonchev–Trinajstić information content (AvgIpc) is 2.55. The highest BCUT2D eigenvalue weighted by Crippen LogP contribution is 2.30. The van der Waals surface area contributed by atoms with E-state index in [1.807, 2.05) is 44.2 Å². The Labute approximate surface area is 135 Å². The summed E-state index contributed by atoms with van der Waals surface area (Å²) in [6.45, 7) is 5.09. The van der Waals surface area contributed by atoms with Crippen molar-refractivity contribution in [1.29, 1.82) is 0 Å². The Kier molecular flexibility index (Phi) is 6.15. The van der Waals surface area contributed by atoms with Crippen molar-refractivity contribution >= 4 is 29.0 Å². The second-order valence-electron chi connectivity index (χ2n) is 4.49. The van der Waals surface area contributed by atoms with Crippen molar-refractivity contribution < 1.29 is 4.74 Å². The summed E-state index contributed by atoms with van der Waals surface area (Å²) in [5.41, 5.74) is 1.65. The fourth-order valence-electron chi connectivity index (χ4n) is 1.87. The molecular weight excluding hydrogens is 300 g/mol. The van der Waals surface area contributed by atoms with Crippen molar-refractivity contribution in [3.63, 3.8) is 0 Å². The smallest absolute Gasteiger partial charge is 0.188 e. The Hall–Kier alpha value is -2.14. The zero-order valence-corrected chi connectivity index (χ0v) is 13.5. The molecule has 0 aliphatic rings. The monoisotopic (exact) mass is 318 g/mol. The third-order valence-electron chi connectivity index (χ3n) is 2.93. The van der Waals surface area contributed by atoms with Crippen LogP contribution < -0.4 is 5.32 Å². The van der Waals surface area contributed by atoms with Gasteiger partial charge in [0.25, 0.3) is 0 Å². The number of nitrogens with one attached hydrogen (secondary N) is 1. The largest absolute Gasteiger partial charge is 0.481 e. The van der Waals surface area contributed by atoms with Gasteiger partial charge in [-0.2, -0.15) is 0 Å². The van der Waals surface area contributed by atoms with Crippen LogP contribution in [0.2, 0.25) is 5.15 Å². The van der Waals surface area contributed by atoms with E-state index in [-0.39, 0.29) is 0 Å². The molecule has 2 rings (SSSR count). The summed E-state index contributed by atoms with van der Waals surface area (Å²) in [6.07, 6.45) is 2.10.